The molecule has 1 saturated carbocycles. The van der Waals surface area contributed by atoms with E-state index in [2.05, 4.69) is 10.6 Å². The fourth-order valence-corrected chi connectivity index (χ4v) is 2.46. The first kappa shape index (κ1) is 12.9. The van der Waals surface area contributed by atoms with Gasteiger partial charge in [0.1, 0.15) is 0 Å². The summed E-state index contributed by atoms with van der Waals surface area (Å²) in [5.41, 5.74) is 2.13. The van der Waals surface area contributed by atoms with Crippen LogP contribution in [0.5, 0.6) is 0 Å². The molecule has 1 aliphatic carbocycles. The molecule has 0 radical (unpaired) electrons. The lowest BCUT2D eigenvalue weighted by molar-refractivity contribution is -0.117. The summed E-state index contributed by atoms with van der Waals surface area (Å²) in [6, 6.07) is 8.94. The van der Waals surface area contributed by atoms with Crippen LogP contribution in [0.4, 0.5) is 11.4 Å². The summed E-state index contributed by atoms with van der Waals surface area (Å²) in [6.45, 7) is 0. The molecule has 0 aliphatic heterocycles. The van der Waals surface area contributed by atoms with Gasteiger partial charge in [0.15, 0.2) is 0 Å². The van der Waals surface area contributed by atoms with Gasteiger partial charge in [-0.15, -0.1) is 0 Å². The van der Waals surface area contributed by atoms with E-state index in [0.717, 1.165) is 18.5 Å². The van der Waals surface area contributed by atoms with Gasteiger partial charge < -0.3 is 10.6 Å². The van der Waals surface area contributed by atoms with E-state index in [0.29, 0.717) is 11.3 Å². The van der Waals surface area contributed by atoms with Gasteiger partial charge in [0.2, 0.25) is 5.91 Å². The van der Waals surface area contributed by atoms with Gasteiger partial charge in [-0.25, -0.2) is 0 Å². The zero-order valence-corrected chi connectivity index (χ0v) is 11.6. The number of hydrogen-bond donors (Lipinski definition) is 2. The maximum atomic E-state index is 11.9. The van der Waals surface area contributed by atoms with Gasteiger partial charge in [0.05, 0.1) is 5.56 Å². The number of amides is 2. The Hall–Kier alpha value is -2.14. The van der Waals surface area contributed by atoms with Crippen LogP contribution < -0.4 is 10.6 Å². The fourth-order valence-electron chi connectivity index (χ4n) is 1.82. The number of anilines is 2. The maximum Gasteiger partial charge on any atom is 0.256 e. The van der Waals surface area contributed by atoms with Crippen molar-refractivity contribution >= 4 is 34.5 Å². The highest BCUT2D eigenvalue weighted by molar-refractivity contribution is 7.08. The molecule has 0 atom stereocenters. The fraction of sp³-hybridized carbons (Fsp3) is 0.200. The van der Waals surface area contributed by atoms with Gasteiger partial charge in [-0.3, -0.25) is 9.59 Å². The topological polar surface area (TPSA) is 58.2 Å². The van der Waals surface area contributed by atoms with Crippen molar-refractivity contribution in [3.63, 3.8) is 0 Å². The summed E-state index contributed by atoms with van der Waals surface area (Å²) in [6.07, 6.45) is 1.97. The summed E-state index contributed by atoms with van der Waals surface area (Å²) in [5.74, 6) is 0.147. The van der Waals surface area contributed by atoms with Crippen molar-refractivity contribution in [3.05, 3.63) is 46.7 Å². The van der Waals surface area contributed by atoms with Crippen LogP contribution in [-0.4, -0.2) is 11.8 Å². The van der Waals surface area contributed by atoms with Crippen molar-refractivity contribution in [1.82, 2.24) is 0 Å². The third-order valence-electron chi connectivity index (χ3n) is 3.14. The Balaban J connectivity index is 1.61. The highest BCUT2D eigenvalue weighted by atomic mass is 32.1. The highest BCUT2D eigenvalue weighted by Gasteiger charge is 2.29. The summed E-state index contributed by atoms with van der Waals surface area (Å²) >= 11 is 1.49. The molecule has 4 nitrogen and oxygen atoms in total. The first-order chi connectivity index (χ1) is 9.72. The number of carbonyl (C=O) groups is 2. The van der Waals surface area contributed by atoms with Gasteiger partial charge in [-0.05, 0) is 48.6 Å². The van der Waals surface area contributed by atoms with Gasteiger partial charge in [-0.2, -0.15) is 11.3 Å². The molecular formula is C15H14N2O2S. The minimum atomic E-state index is -0.124. The van der Waals surface area contributed by atoms with Gasteiger partial charge in [0.25, 0.3) is 5.91 Å². The van der Waals surface area contributed by atoms with Crippen LogP contribution in [0.2, 0.25) is 0 Å². The van der Waals surface area contributed by atoms with E-state index in [-0.39, 0.29) is 17.7 Å². The third-order valence-corrected chi connectivity index (χ3v) is 3.83. The zero-order valence-electron chi connectivity index (χ0n) is 10.8. The lowest BCUT2D eigenvalue weighted by atomic mass is 10.2. The predicted molar refractivity (Wildman–Crippen MR) is 80.1 cm³/mol. The van der Waals surface area contributed by atoms with Crippen molar-refractivity contribution in [2.45, 2.75) is 12.8 Å². The Kier molecular flexibility index (Phi) is 3.52. The lowest BCUT2D eigenvalue weighted by Crippen LogP contribution is -2.13. The number of rotatable bonds is 4. The van der Waals surface area contributed by atoms with E-state index in [1.165, 1.54) is 11.3 Å². The summed E-state index contributed by atoms with van der Waals surface area (Å²) in [4.78, 5) is 23.5. The van der Waals surface area contributed by atoms with Crippen molar-refractivity contribution in [3.8, 4) is 0 Å². The Labute approximate surface area is 120 Å². The quantitative estimate of drug-likeness (QED) is 0.905. The number of hydrogen-bond acceptors (Lipinski definition) is 3. The van der Waals surface area contributed by atoms with Crippen LogP contribution in [0.1, 0.15) is 23.2 Å². The SMILES string of the molecule is O=C(Nc1ccc(NC(=O)C2CC2)cc1)c1ccsc1. The van der Waals surface area contributed by atoms with Crippen molar-refractivity contribution in [2.24, 2.45) is 5.92 Å². The molecule has 2 aromatic rings. The molecule has 102 valence electrons. The second-order valence-corrected chi connectivity index (χ2v) is 5.59. The molecular weight excluding hydrogens is 272 g/mol. The zero-order chi connectivity index (χ0) is 13.9. The smallest absolute Gasteiger partial charge is 0.256 e. The Morgan fingerprint density at radius 2 is 1.65 bits per heavy atom. The Morgan fingerprint density at radius 1 is 1.00 bits per heavy atom. The molecule has 1 heterocycles. The maximum absolute atomic E-state index is 11.9. The van der Waals surface area contributed by atoms with E-state index < -0.39 is 0 Å². The second-order valence-electron chi connectivity index (χ2n) is 4.81. The van der Waals surface area contributed by atoms with Gasteiger partial charge in [-0.1, -0.05) is 0 Å². The van der Waals surface area contributed by atoms with Gasteiger partial charge in [0, 0.05) is 22.7 Å². The first-order valence-electron chi connectivity index (χ1n) is 6.47. The molecule has 2 amide bonds. The normalized spacial score (nSPS) is 13.8. The summed E-state index contributed by atoms with van der Waals surface area (Å²) in [5, 5.41) is 9.35. The molecule has 3 rings (SSSR count). The number of benzene rings is 1. The molecule has 1 aromatic heterocycles. The van der Waals surface area contributed by atoms with E-state index >= 15 is 0 Å². The highest BCUT2D eigenvalue weighted by Crippen LogP contribution is 2.30. The van der Waals surface area contributed by atoms with Crippen LogP contribution >= 0.6 is 11.3 Å². The third kappa shape index (κ3) is 3.05. The average molecular weight is 286 g/mol. The van der Waals surface area contributed by atoms with E-state index in [9.17, 15) is 9.59 Å². The molecule has 0 bridgehead atoms. The largest absolute Gasteiger partial charge is 0.326 e. The Bertz CT molecular complexity index is 616. The predicted octanol–water partition coefficient (Wildman–Crippen LogP) is 3.35. The molecule has 1 aliphatic rings. The molecule has 5 heteroatoms. The van der Waals surface area contributed by atoms with Crippen LogP contribution in [0, 0.1) is 5.92 Å². The molecule has 20 heavy (non-hydrogen) atoms. The first-order valence-corrected chi connectivity index (χ1v) is 7.41. The van der Waals surface area contributed by atoms with Crippen LogP contribution in [-0.2, 0) is 4.79 Å². The molecule has 0 unspecified atom stereocenters. The van der Waals surface area contributed by atoms with Crippen molar-refractivity contribution < 1.29 is 9.59 Å². The number of carbonyl (C=O) groups excluding carboxylic acids is 2. The molecule has 1 aromatic carbocycles. The summed E-state index contributed by atoms with van der Waals surface area (Å²) in [7, 11) is 0. The van der Waals surface area contributed by atoms with Crippen LogP contribution in [0.15, 0.2) is 41.1 Å². The van der Waals surface area contributed by atoms with E-state index in [4.69, 9.17) is 0 Å². The minimum absolute atomic E-state index is 0.0834. The molecule has 0 saturated heterocycles. The standard InChI is InChI=1S/C15H14N2O2S/c18-14(10-1-2-10)16-12-3-5-13(6-4-12)17-15(19)11-7-8-20-9-11/h3-10H,1-2H2,(H,16,18)(H,17,19). The lowest BCUT2D eigenvalue weighted by Gasteiger charge is -2.07. The van der Waals surface area contributed by atoms with E-state index in [1.54, 1.807) is 35.7 Å². The Morgan fingerprint density at radius 3 is 2.20 bits per heavy atom. The molecule has 0 spiro atoms. The van der Waals surface area contributed by atoms with Crippen molar-refractivity contribution in [1.29, 1.82) is 0 Å². The summed E-state index contributed by atoms with van der Waals surface area (Å²) < 4.78 is 0. The van der Waals surface area contributed by atoms with Gasteiger partial charge >= 0.3 is 0 Å². The number of thiophene rings is 1. The van der Waals surface area contributed by atoms with Crippen LogP contribution in [0.3, 0.4) is 0 Å². The molecule has 1 fully saturated rings. The van der Waals surface area contributed by atoms with Crippen LogP contribution in [0.25, 0.3) is 0 Å². The van der Waals surface area contributed by atoms with Crippen molar-refractivity contribution in [2.75, 3.05) is 10.6 Å². The number of nitrogens with one attached hydrogen (secondary N) is 2. The minimum Gasteiger partial charge on any atom is -0.326 e. The second kappa shape index (κ2) is 5.46. The average Bonchev–Trinajstić information content (AvgIpc) is 3.16. The monoisotopic (exact) mass is 286 g/mol. The van der Waals surface area contributed by atoms with E-state index in [1.807, 2.05) is 5.38 Å². The molecule has 2 N–H and O–H groups in total.